The van der Waals surface area contributed by atoms with Crippen LogP contribution in [0.3, 0.4) is 0 Å². The van der Waals surface area contributed by atoms with Gasteiger partial charge in [-0.2, -0.15) is 13.2 Å². The van der Waals surface area contributed by atoms with Crippen molar-refractivity contribution in [3.63, 3.8) is 0 Å². The van der Waals surface area contributed by atoms with Gasteiger partial charge in [0.25, 0.3) is 0 Å². The molecule has 2 rings (SSSR count). The molecule has 1 aromatic rings. The van der Waals surface area contributed by atoms with Gasteiger partial charge < -0.3 is 5.32 Å². The van der Waals surface area contributed by atoms with Crippen molar-refractivity contribution in [3.8, 4) is 0 Å². The van der Waals surface area contributed by atoms with Gasteiger partial charge in [-0.3, -0.25) is 4.79 Å². The Morgan fingerprint density at radius 1 is 1.25 bits per heavy atom. The molecule has 0 saturated carbocycles. The Bertz CT molecular complexity index is 426. The molecule has 0 bridgehead atoms. The van der Waals surface area contributed by atoms with E-state index in [0.29, 0.717) is 19.4 Å². The van der Waals surface area contributed by atoms with E-state index in [1.165, 1.54) is 12.1 Å². The van der Waals surface area contributed by atoms with Crippen LogP contribution in [0.25, 0.3) is 0 Å². The van der Waals surface area contributed by atoms with Crippen LogP contribution in [-0.4, -0.2) is 12.3 Å². The number of alkyl halides is 3. The molecule has 1 aliphatic rings. The lowest BCUT2D eigenvalue weighted by molar-refractivity contribution is -0.136. The van der Waals surface area contributed by atoms with Crippen molar-refractivity contribution in [2.24, 2.45) is 0 Å². The number of para-hydroxylation sites is 1. The van der Waals surface area contributed by atoms with Crippen LogP contribution in [0.2, 0.25) is 0 Å². The minimum absolute atomic E-state index is 0.0718. The first-order valence-corrected chi connectivity index (χ1v) is 4.97. The van der Waals surface area contributed by atoms with Crippen molar-refractivity contribution in [2.75, 3.05) is 11.9 Å². The lowest BCUT2D eigenvalue weighted by atomic mass is 10.0. The highest BCUT2D eigenvalue weighted by molar-refractivity contribution is 6.02. The van der Waals surface area contributed by atoms with Crippen molar-refractivity contribution in [3.05, 3.63) is 29.3 Å². The van der Waals surface area contributed by atoms with Crippen LogP contribution in [-0.2, 0) is 6.18 Å². The largest absolute Gasteiger partial charge is 0.418 e. The molecular formula is C11H10F3NO. The monoisotopic (exact) mass is 229 g/mol. The summed E-state index contributed by atoms with van der Waals surface area (Å²) < 4.78 is 38.1. The number of carbonyl (C=O) groups is 1. The first kappa shape index (κ1) is 11.0. The number of carbonyl (C=O) groups excluding carboxylic acids is 1. The van der Waals surface area contributed by atoms with E-state index in [9.17, 15) is 18.0 Å². The number of rotatable bonds is 0. The smallest absolute Gasteiger partial charge is 0.384 e. The van der Waals surface area contributed by atoms with Gasteiger partial charge in [0.05, 0.1) is 11.3 Å². The molecule has 0 spiro atoms. The second-order valence-electron chi connectivity index (χ2n) is 3.68. The maximum Gasteiger partial charge on any atom is 0.418 e. The molecule has 5 heteroatoms. The average Bonchev–Trinajstić information content (AvgIpc) is 2.39. The summed E-state index contributed by atoms with van der Waals surface area (Å²) in [6.45, 7) is 0.395. The second-order valence-corrected chi connectivity index (χ2v) is 3.68. The van der Waals surface area contributed by atoms with Gasteiger partial charge in [0.15, 0.2) is 5.78 Å². The summed E-state index contributed by atoms with van der Waals surface area (Å²) in [7, 11) is 0. The molecular weight excluding hydrogens is 219 g/mol. The number of ketones is 1. The highest BCUT2D eigenvalue weighted by Gasteiger charge is 2.35. The van der Waals surface area contributed by atoms with Crippen LogP contribution in [0, 0.1) is 0 Å². The predicted octanol–water partition coefficient (Wildman–Crippen LogP) is 3.09. The summed E-state index contributed by atoms with van der Waals surface area (Å²) in [5.74, 6) is -0.230. The number of fused-ring (bicyclic) bond motifs is 1. The van der Waals surface area contributed by atoms with E-state index in [1.807, 2.05) is 0 Å². The molecule has 1 aromatic carbocycles. The lowest BCUT2D eigenvalue weighted by Gasteiger charge is -2.15. The fourth-order valence-electron chi connectivity index (χ4n) is 1.81. The topological polar surface area (TPSA) is 29.1 Å². The van der Waals surface area contributed by atoms with E-state index in [0.717, 1.165) is 6.07 Å². The molecule has 0 aromatic heterocycles. The Hall–Kier alpha value is -1.52. The van der Waals surface area contributed by atoms with E-state index >= 15 is 0 Å². The molecule has 0 fully saturated rings. The molecule has 2 nitrogen and oxygen atoms in total. The highest BCUT2D eigenvalue weighted by Crippen LogP contribution is 2.37. The normalized spacial score (nSPS) is 16.3. The van der Waals surface area contributed by atoms with Gasteiger partial charge in [0, 0.05) is 18.5 Å². The Morgan fingerprint density at radius 2 is 2.00 bits per heavy atom. The Labute approximate surface area is 90.5 Å². The van der Waals surface area contributed by atoms with E-state index in [2.05, 4.69) is 5.32 Å². The highest BCUT2D eigenvalue weighted by atomic mass is 19.4. The fraction of sp³-hybridized carbons (Fsp3) is 0.364. The standard InChI is InChI=1S/C11H10F3NO/c12-11(13,14)8-4-1-3-7-9(16)5-2-6-15-10(7)8/h1,3-4,15H,2,5-6H2. The first-order valence-electron chi connectivity index (χ1n) is 4.97. The predicted molar refractivity (Wildman–Crippen MR) is 53.5 cm³/mol. The SMILES string of the molecule is O=C1CCCNc2c1cccc2C(F)(F)F. The van der Waals surface area contributed by atoms with Gasteiger partial charge in [-0.15, -0.1) is 0 Å². The number of halogens is 3. The molecule has 0 saturated heterocycles. The third-order valence-electron chi connectivity index (χ3n) is 2.55. The van der Waals surface area contributed by atoms with Crippen LogP contribution < -0.4 is 5.32 Å². The number of hydrogen-bond acceptors (Lipinski definition) is 2. The van der Waals surface area contributed by atoms with Crippen LogP contribution in [0.15, 0.2) is 18.2 Å². The van der Waals surface area contributed by atoms with Gasteiger partial charge in [-0.05, 0) is 18.6 Å². The summed E-state index contributed by atoms with van der Waals surface area (Å²) >= 11 is 0. The maximum absolute atomic E-state index is 12.7. The molecule has 1 N–H and O–H groups in total. The zero-order valence-electron chi connectivity index (χ0n) is 8.40. The fourth-order valence-corrected chi connectivity index (χ4v) is 1.81. The summed E-state index contributed by atoms with van der Waals surface area (Å²) in [4.78, 5) is 11.6. The average molecular weight is 229 g/mol. The van der Waals surface area contributed by atoms with Crippen molar-refractivity contribution in [2.45, 2.75) is 19.0 Å². The quantitative estimate of drug-likeness (QED) is 0.740. The zero-order valence-corrected chi connectivity index (χ0v) is 8.40. The van der Waals surface area contributed by atoms with E-state index in [4.69, 9.17) is 0 Å². The summed E-state index contributed by atoms with van der Waals surface area (Å²) in [5.41, 5.74) is -0.690. The Kier molecular flexibility index (Phi) is 2.61. The van der Waals surface area contributed by atoms with Crippen molar-refractivity contribution in [1.82, 2.24) is 0 Å². The molecule has 0 atom stereocenters. The number of anilines is 1. The number of Topliss-reactive ketones (excluding diaryl/α,β-unsaturated/α-hetero) is 1. The lowest BCUT2D eigenvalue weighted by Crippen LogP contribution is -2.12. The number of hydrogen-bond donors (Lipinski definition) is 1. The Morgan fingerprint density at radius 3 is 2.69 bits per heavy atom. The first-order chi connectivity index (χ1) is 7.50. The van der Waals surface area contributed by atoms with Crippen molar-refractivity contribution in [1.29, 1.82) is 0 Å². The molecule has 86 valence electrons. The summed E-state index contributed by atoms with van der Waals surface area (Å²) in [6.07, 6.45) is -3.57. The summed E-state index contributed by atoms with van der Waals surface area (Å²) in [6, 6.07) is 3.70. The van der Waals surface area contributed by atoms with E-state index in [-0.39, 0.29) is 17.0 Å². The van der Waals surface area contributed by atoms with E-state index in [1.54, 1.807) is 0 Å². The van der Waals surface area contributed by atoms with Crippen LogP contribution >= 0.6 is 0 Å². The molecule has 1 aliphatic heterocycles. The summed E-state index contributed by atoms with van der Waals surface area (Å²) in [5, 5.41) is 2.69. The molecule has 1 heterocycles. The number of nitrogens with one attached hydrogen (secondary N) is 1. The number of benzene rings is 1. The van der Waals surface area contributed by atoms with Crippen molar-refractivity contribution < 1.29 is 18.0 Å². The maximum atomic E-state index is 12.7. The van der Waals surface area contributed by atoms with Crippen LogP contribution in [0.5, 0.6) is 0 Å². The minimum atomic E-state index is -4.43. The third-order valence-corrected chi connectivity index (χ3v) is 2.55. The molecule has 0 radical (unpaired) electrons. The van der Waals surface area contributed by atoms with E-state index < -0.39 is 11.7 Å². The van der Waals surface area contributed by atoms with Gasteiger partial charge in [0.1, 0.15) is 0 Å². The Balaban J connectivity index is 2.58. The van der Waals surface area contributed by atoms with Gasteiger partial charge in [-0.1, -0.05) is 6.07 Å². The van der Waals surface area contributed by atoms with Gasteiger partial charge >= 0.3 is 6.18 Å². The van der Waals surface area contributed by atoms with Gasteiger partial charge in [-0.25, -0.2) is 0 Å². The minimum Gasteiger partial charge on any atom is -0.384 e. The van der Waals surface area contributed by atoms with Crippen LogP contribution in [0.1, 0.15) is 28.8 Å². The molecule has 0 amide bonds. The van der Waals surface area contributed by atoms with Crippen molar-refractivity contribution >= 4 is 11.5 Å². The molecule has 0 aliphatic carbocycles. The second kappa shape index (κ2) is 3.81. The molecule has 16 heavy (non-hydrogen) atoms. The zero-order chi connectivity index (χ0) is 11.8. The van der Waals surface area contributed by atoms with Crippen LogP contribution in [0.4, 0.5) is 18.9 Å². The van der Waals surface area contributed by atoms with Gasteiger partial charge in [0.2, 0.25) is 0 Å². The third kappa shape index (κ3) is 1.89. The molecule has 0 unspecified atom stereocenters.